The molecular weight excluding hydrogens is 252 g/mol. The van der Waals surface area contributed by atoms with E-state index >= 15 is 0 Å². The monoisotopic (exact) mass is 274 g/mol. The Labute approximate surface area is 120 Å². The topological polar surface area (TPSA) is 42.4 Å². The summed E-state index contributed by atoms with van der Waals surface area (Å²) in [7, 11) is 0. The van der Waals surface area contributed by atoms with Crippen LogP contribution in [0.15, 0.2) is 18.2 Å². The van der Waals surface area contributed by atoms with Crippen LogP contribution in [-0.4, -0.2) is 34.5 Å². The Balaban J connectivity index is 1.69. The Morgan fingerprint density at radius 3 is 3.00 bits per heavy atom. The van der Waals surface area contributed by atoms with Crippen LogP contribution in [0.25, 0.3) is 0 Å². The number of hydrogen-bond acceptors (Lipinski definition) is 3. The molecule has 0 aromatic carbocycles. The summed E-state index contributed by atoms with van der Waals surface area (Å²) in [4.78, 5) is 18.7. The van der Waals surface area contributed by atoms with Gasteiger partial charge in [-0.15, -0.1) is 0 Å². The molecule has 0 radical (unpaired) electrons. The second-order valence-electron chi connectivity index (χ2n) is 5.97. The average molecular weight is 274 g/mol. The zero-order valence-corrected chi connectivity index (χ0v) is 12.1. The van der Waals surface area contributed by atoms with Gasteiger partial charge in [0.1, 0.15) is 0 Å². The third kappa shape index (κ3) is 2.85. The van der Waals surface area contributed by atoms with E-state index in [1.165, 1.54) is 0 Å². The van der Waals surface area contributed by atoms with E-state index in [4.69, 9.17) is 4.74 Å². The number of aromatic nitrogens is 1. The number of rotatable bonds is 2. The van der Waals surface area contributed by atoms with E-state index in [2.05, 4.69) is 4.98 Å². The van der Waals surface area contributed by atoms with E-state index in [0.717, 1.165) is 50.2 Å². The van der Waals surface area contributed by atoms with Crippen molar-refractivity contribution in [1.82, 2.24) is 9.88 Å². The van der Waals surface area contributed by atoms with Crippen LogP contribution in [0.1, 0.15) is 43.5 Å². The molecule has 0 N–H and O–H groups in total. The molecule has 3 heterocycles. The lowest BCUT2D eigenvalue weighted by Gasteiger charge is -2.26. The SMILES string of the molecule is Cc1cccc(CN2CC[C@]3(CCCO3)CCC2=O)n1. The molecule has 0 unspecified atom stereocenters. The minimum atomic E-state index is -0.0234. The van der Waals surface area contributed by atoms with Crippen molar-refractivity contribution in [2.75, 3.05) is 13.2 Å². The highest BCUT2D eigenvalue weighted by Crippen LogP contribution is 2.36. The maximum atomic E-state index is 12.3. The van der Waals surface area contributed by atoms with Crippen molar-refractivity contribution in [2.24, 2.45) is 0 Å². The maximum absolute atomic E-state index is 12.3. The van der Waals surface area contributed by atoms with Crippen molar-refractivity contribution in [2.45, 2.75) is 51.2 Å². The first kappa shape index (κ1) is 13.6. The molecule has 4 nitrogen and oxygen atoms in total. The fourth-order valence-electron chi connectivity index (χ4n) is 3.28. The largest absolute Gasteiger partial charge is 0.375 e. The Hall–Kier alpha value is -1.42. The van der Waals surface area contributed by atoms with Gasteiger partial charge in [0.15, 0.2) is 0 Å². The quantitative estimate of drug-likeness (QED) is 0.832. The van der Waals surface area contributed by atoms with Crippen LogP contribution in [0, 0.1) is 6.92 Å². The molecule has 1 amide bonds. The summed E-state index contributed by atoms with van der Waals surface area (Å²) in [5, 5.41) is 0. The Morgan fingerprint density at radius 1 is 1.35 bits per heavy atom. The Bertz CT molecular complexity index is 495. The van der Waals surface area contributed by atoms with E-state index in [-0.39, 0.29) is 11.5 Å². The number of nitrogens with zero attached hydrogens (tertiary/aromatic N) is 2. The highest BCUT2D eigenvalue weighted by Gasteiger charge is 2.38. The highest BCUT2D eigenvalue weighted by atomic mass is 16.5. The summed E-state index contributed by atoms with van der Waals surface area (Å²) in [5.41, 5.74) is 1.95. The first-order chi connectivity index (χ1) is 9.67. The van der Waals surface area contributed by atoms with E-state index in [1.807, 2.05) is 30.0 Å². The molecule has 2 fully saturated rings. The average Bonchev–Trinajstić information content (AvgIpc) is 2.84. The Morgan fingerprint density at radius 2 is 2.25 bits per heavy atom. The van der Waals surface area contributed by atoms with E-state index in [1.54, 1.807) is 0 Å². The summed E-state index contributed by atoms with van der Waals surface area (Å²) in [6.45, 7) is 4.24. The predicted molar refractivity (Wildman–Crippen MR) is 76.2 cm³/mol. The zero-order valence-electron chi connectivity index (χ0n) is 12.1. The molecule has 3 rings (SSSR count). The predicted octanol–water partition coefficient (Wildman–Crippen LogP) is 2.45. The normalized spacial score (nSPS) is 27.1. The lowest BCUT2D eigenvalue weighted by Crippen LogP contribution is -2.32. The minimum Gasteiger partial charge on any atom is -0.375 e. The summed E-state index contributed by atoms with van der Waals surface area (Å²) in [5.74, 6) is 0.237. The molecule has 20 heavy (non-hydrogen) atoms. The second kappa shape index (κ2) is 5.52. The number of amides is 1. The first-order valence-electron chi connectivity index (χ1n) is 7.51. The molecule has 2 saturated heterocycles. The fraction of sp³-hybridized carbons (Fsp3) is 0.625. The summed E-state index contributed by atoms with van der Waals surface area (Å²) in [6.07, 6.45) is 4.68. The molecular formula is C16H22N2O2. The van der Waals surface area contributed by atoms with Crippen molar-refractivity contribution in [1.29, 1.82) is 0 Å². The summed E-state index contributed by atoms with van der Waals surface area (Å²) in [6, 6.07) is 5.98. The minimum absolute atomic E-state index is 0.0234. The van der Waals surface area contributed by atoms with Crippen molar-refractivity contribution < 1.29 is 9.53 Å². The maximum Gasteiger partial charge on any atom is 0.223 e. The molecule has 1 aromatic heterocycles. The van der Waals surface area contributed by atoms with E-state index < -0.39 is 0 Å². The van der Waals surface area contributed by atoms with Gasteiger partial charge in [-0.2, -0.15) is 0 Å². The van der Waals surface area contributed by atoms with Gasteiger partial charge >= 0.3 is 0 Å². The van der Waals surface area contributed by atoms with Crippen LogP contribution >= 0.6 is 0 Å². The van der Waals surface area contributed by atoms with Gasteiger partial charge in [0.2, 0.25) is 5.91 Å². The number of aryl methyl sites for hydroxylation is 1. The van der Waals surface area contributed by atoms with Crippen LogP contribution in [-0.2, 0) is 16.1 Å². The van der Waals surface area contributed by atoms with Gasteiger partial charge in [0, 0.05) is 25.3 Å². The lowest BCUT2D eigenvalue weighted by atomic mass is 9.92. The van der Waals surface area contributed by atoms with Gasteiger partial charge < -0.3 is 9.64 Å². The lowest BCUT2D eigenvalue weighted by molar-refractivity contribution is -0.131. The molecule has 1 atom stereocenters. The van der Waals surface area contributed by atoms with Crippen LogP contribution in [0.4, 0.5) is 0 Å². The number of pyridine rings is 1. The van der Waals surface area contributed by atoms with Crippen LogP contribution in [0.3, 0.4) is 0 Å². The number of carbonyl (C=O) groups excluding carboxylic acids is 1. The van der Waals surface area contributed by atoms with Crippen LogP contribution in [0.2, 0.25) is 0 Å². The van der Waals surface area contributed by atoms with Gasteiger partial charge in [-0.25, -0.2) is 0 Å². The van der Waals surface area contributed by atoms with Gasteiger partial charge in [-0.05, 0) is 44.7 Å². The van der Waals surface area contributed by atoms with Crippen molar-refractivity contribution in [3.8, 4) is 0 Å². The third-order valence-corrected chi connectivity index (χ3v) is 4.47. The summed E-state index contributed by atoms with van der Waals surface area (Å²) < 4.78 is 5.93. The van der Waals surface area contributed by atoms with Crippen molar-refractivity contribution >= 4 is 5.91 Å². The number of ether oxygens (including phenoxy) is 1. The fourth-order valence-corrected chi connectivity index (χ4v) is 3.28. The molecule has 0 bridgehead atoms. The zero-order chi connectivity index (χ0) is 14.0. The van der Waals surface area contributed by atoms with Crippen molar-refractivity contribution in [3.63, 3.8) is 0 Å². The Kier molecular flexibility index (Phi) is 3.74. The molecule has 2 aliphatic heterocycles. The molecule has 1 spiro atoms. The first-order valence-corrected chi connectivity index (χ1v) is 7.51. The van der Waals surface area contributed by atoms with E-state index in [0.29, 0.717) is 13.0 Å². The standard InChI is InChI=1S/C16H22N2O2/c1-13-4-2-5-14(17-13)12-18-10-9-16(7-3-11-20-16)8-6-15(18)19/h2,4-5H,3,6-12H2,1H3/t16-/m0/s1. The van der Waals surface area contributed by atoms with Crippen molar-refractivity contribution in [3.05, 3.63) is 29.6 Å². The van der Waals surface area contributed by atoms with Gasteiger partial charge in [0.25, 0.3) is 0 Å². The molecule has 2 aliphatic rings. The molecule has 0 aliphatic carbocycles. The van der Waals surface area contributed by atoms with Crippen LogP contribution < -0.4 is 0 Å². The van der Waals surface area contributed by atoms with Gasteiger partial charge in [0.05, 0.1) is 17.8 Å². The molecule has 108 valence electrons. The van der Waals surface area contributed by atoms with Gasteiger partial charge in [-0.3, -0.25) is 9.78 Å². The number of hydrogen-bond donors (Lipinski definition) is 0. The number of likely N-dealkylation sites (tertiary alicyclic amines) is 1. The van der Waals surface area contributed by atoms with E-state index in [9.17, 15) is 4.79 Å². The van der Waals surface area contributed by atoms with Gasteiger partial charge in [-0.1, -0.05) is 6.07 Å². The molecule has 4 heteroatoms. The second-order valence-corrected chi connectivity index (χ2v) is 5.97. The molecule has 0 saturated carbocycles. The third-order valence-electron chi connectivity index (χ3n) is 4.47. The van der Waals surface area contributed by atoms with Crippen LogP contribution in [0.5, 0.6) is 0 Å². The smallest absolute Gasteiger partial charge is 0.223 e. The highest BCUT2D eigenvalue weighted by molar-refractivity contribution is 5.76. The molecule has 1 aromatic rings. The number of carbonyl (C=O) groups is 1. The summed E-state index contributed by atoms with van der Waals surface area (Å²) >= 11 is 0.